The van der Waals surface area contributed by atoms with E-state index in [0.29, 0.717) is 43.7 Å². The highest BCUT2D eigenvalue weighted by molar-refractivity contribution is 6.00. The predicted molar refractivity (Wildman–Crippen MR) is 241 cm³/mol. The quantitative estimate of drug-likeness (QED) is 0.124. The van der Waals surface area contributed by atoms with E-state index in [1.165, 1.54) is 4.57 Å². The summed E-state index contributed by atoms with van der Waals surface area (Å²) in [4.78, 5) is 108. The number of nitrogens with zero attached hydrogens (tertiary/aromatic N) is 4. The number of aryl methyl sites for hydroxylation is 1. The number of aromatic nitrogens is 2. The number of benzene rings is 3. The standard InChI is InChI=1S/C48H59N9O8/c1-54-40-24-30(13-16-37(40)57(48(54)65)39-18-20-42(59)53-46(39)63)23-28-9-11-29(12-10-28)25-43(60)55-22-21-33-14-17-38(56(33)47(64)35(49)27-55)45(62)52-36(15-19-41(50)58)44(61)51-26-32-7-4-6-31-5-2-3-8-34(31)32/h2-8,13,16,24,28-29,33,35-36,38-39H,9-12,14-15,17-23,25-27,49H2,1H3,(H2,50,58)(H,51,61)(H,52,62)(H,53,59,63)/t28?,29?,33-,35+,36+,38+,39?/m1/s1. The fraction of sp³-hybridized carbons (Fsp3) is 0.500. The second kappa shape index (κ2) is 19.4. The van der Waals surface area contributed by atoms with Crippen LogP contribution >= 0.6 is 0 Å². The van der Waals surface area contributed by atoms with E-state index >= 15 is 0 Å². The average molecular weight is 890 g/mol. The molecule has 17 heteroatoms. The van der Waals surface area contributed by atoms with E-state index in [4.69, 9.17) is 11.5 Å². The van der Waals surface area contributed by atoms with Gasteiger partial charge in [-0.3, -0.25) is 48.0 Å². The second-order valence-corrected chi connectivity index (χ2v) is 18.4. The van der Waals surface area contributed by atoms with E-state index in [9.17, 15) is 38.4 Å². The minimum absolute atomic E-state index is 0.00492. The maximum absolute atomic E-state index is 13.9. The van der Waals surface area contributed by atoms with Gasteiger partial charge in [0.05, 0.1) is 11.0 Å². The Labute approximate surface area is 376 Å². The van der Waals surface area contributed by atoms with Gasteiger partial charge in [0.25, 0.3) is 0 Å². The maximum atomic E-state index is 13.9. The molecular formula is C48H59N9O8. The normalized spacial score (nSPS) is 24.2. The molecule has 4 fully saturated rings. The van der Waals surface area contributed by atoms with E-state index in [1.807, 2.05) is 60.7 Å². The molecule has 0 bridgehead atoms. The molecule has 4 aromatic rings. The summed E-state index contributed by atoms with van der Waals surface area (Å²) < 4.78 is 3.04. The van der Waals surface area contributed by atoms with Gasteiger partial charge >= 0.3 is 5.69 Å². The first kappa shape index (κ1) is 45.2. The van der Waals surface area contributed by atoms with Gasteiger partial charge in [-0.1, -0.05) is 48.5 Å². The lowest BCUT2D eigenvalue weighted by Crippen LogP contribution is -2.60. The van der Waals surface area contributed by atoms with Crippen LogP contribution in [0.2, 0.25) is 0 Å². The number of hydrogen-bond acceptors (Lipinski definition) is 9. The van der Waals surface area contributed by atoms with Gasteiger partial charge in [-0.05, 0) is 110 Å². The Balaban J connectivity index is 0.831. The van der Waals surface area contributed by atoms with Crippen molar-refractivity contribution in [3.63, 3.8) is 0 Å². The molecule has 3 aromatic carbocycles. The Morgan fingerprint density at radius 1 is 0.862 bits per heavy atom. The van der Waals surface area contributed by atoms with Crippen molar-refractivity contribution < 1.29 is 33.6 Å². The minimum Gasteiger partial charge on any atom is -0.370 e. The molecule has 7 N–H and O–H groups in total. The third kappa shape index (κ3) is 9.84. The third-order valence-corrected chi connectivity index (χ3v) is 14.2. The van der Waals surface area contributed by atoms with Crippen molar-refractivity contribution in [1.82, 2.24) is 34.9 Å². The highest BCUT2D eigenvalue weighted by Crippen LogP contribution is 2.35. The predicted octanol–water partition coefficient (Wildman–Crippen LogP) is 2.20. The van der Waals surface area contributed by atoms with E-state index < -0.39 is 53.7 Å². The second-order valence-electron chi connectivity index (χ2n) is 18.4. The number of imidazole rings is 1. The van der Waals surface area contributed by atoms with Gasteiger partial charge in [0.2, 0.25) is 41.4 Å². The van der Waals surface area contributed by atoms with Crippen LogP contribution in [0, 0.1) is 11.8 Å². The topological polar surface area (TPSA) is 241 Å². The number of carbonyl (C=O) groups excluding carboxylic acids is 7. The Kier molecular flexibility index (Phi) is 13.5. The summed E-state index contributed by atoms with van der Waals surface area (Å²) in [5.74, 6) is -2.20. The molecule has 5 atom stereocenters. The summed E-state index contributed by atoms with van der Waals surface area (Å²) in [7, 11) is 1.69. The Morgan fingerprint density at radius 3 is 2.38 bits per heavy atom. The van der Waals surface area contributed by atoms with E-state index in [1.54, 1.807) is 21.4 Å². The molecule has 8 rings (SSSR count). The van der Waals surface area contributed by atoms with E-state index in [2.05, 4.69) is 16.0 Å². The zero-order valence-electron chi connectivity index (χ0n) is 36.8. The number of amides is 7. The lowest BCUT2D eigenvalue weighted by Gasteiger charge is -2.38. The Bertz CT molecular complexity index is 2570. The van der Waals surface area contributed by atoms with Crippen molar-refractivity contribution >= 4 is 63.2 Å². The van der Waals surface area contributed by atoms with Crippen LogP contribution in [-0.4, -0.2) is 97.5 Å². The number of imide groups is 1. The summed E-state index contributed by atoms with van der Waals surface area (Å²) in [5, 5.41) is 10.1. The molecule has 1 aliphatic carbocycles. The van der Waals surface area contributed by atoms with Crippen molar-refractivity contribution in [1.29, 1.82) is 0 Å². The molecule has 3 saturated heterocycles. The number of nitrogens with one attached hydrogen (secondary N) is 3. The van der Waals surface area contributed by atoms with Gasteiger partial charge < -0.3 is 31.9 Å². The highest BCUT2D eigenvalue weighted by Gasteiger charge is 2.45. The van der Waals surface area contributed by atoms with Gasteiger partial charge in [-0.15, -0.1) is 0 Å². The number of rotatable bonds is 13. The molecule has 65 heavy (non-hydrogen) atoms. The molecule has 344 valence electrons. The minimum atomic E-state index is -1.06. The van der Waals surface area contributed by atoms with Gasteiger partial charge in [-0.2, -0.15) is 0 Å². The van der Waals surface area contributed by atoms with Crippen LogP contribution < -0.4 is 33.1 Å². The molecule has 0 spiro atoms. The number of piperidine rings is 1. The van der Waals surface area contributed by atoms with E-state index in [-0.39, 0.29) is 68.2 Å². The van der Waals surface area contributed by atoms with Crippen LogP contribution in [0.3, 0.4) is 0 Å². The van der Waals surface area contributed by atoms with Gasteiger partial charge in [0, 0.05) is 52.0 Å². The first-order valence-corrected chi connectivity index (χ1v) is 23.0. The fourth-order valence-electron chi connectivity index (χ4n) is 10.6. The van der Waals surface area contributed by atoms with Crippen LogP contribution in [0.1, 0.15) is 94.2 Å². The monoisotopic (exact) mass is 889 g/mol. The first-order valence-electron chi connectivity index (χ1n) is 23.0. The summed E-state index contributed by atoms with van der Waals surface area (Å²) in [6.45, 7) is 0.651. The molecule has 4 aliphatic rings. The Hall–Kier alpha value is -6.36. The number of hydrogen-bond donors (Lipinski definition) is 5. The van der Waals surface area contributed by atoms with E-state index in [0.717, 1.165) is 59.5 Å². The fourth-order valence-corrected chi connectivity index (χ4v) is 10.6. The molecule has 0 radical (unpaired) electrons. The summed E-state index contributed by atoms with van der Waals surface area (Å²) in [6.07, 6.45) is 6.58. The average Bonchev–Trinajstić information content (AvgIpc) is 3.82. The van der Waals surface area contributed by atoms with Gasteiger partial charge in [0.1, 0.15) is 24.2 Å². The molecule has 1 aromatic heterocycles. The van der Waals surface area contributed by atoms with Crippen molar-refractivity contribution in [3.05, 3.63) is 82.3 Å². The summed E-state index contributed by atoms with van der Waals surface area (Å²) in [6, 6.07) is 15.6. The molecule has 17 nitrogen and oxygen atoms in total. The van der Waals surface area contributed by atoms with Crippen molar-refractivity contribution in [2.75, 3.05) is 13.1 Å². The smallest absolute Gasteiger partial charge is 0.329 e. The number of nitrogens with two attached hydrogens (primary N) is 2. The lowest BCUT2D eigenvalue weighted by molar-refractivity contribution is -0.145. The van der Waals surface area contributed by atoms with Crippen molar-refractivity contribution in [2.45, 2.75) is 120 Å². The van der Waals surface area contributed by atoms with Gasteiger partial charge in [0.15, 0.2) is 0 Å². The number of fused-ring (bicyclic) bond motifs is 3. The summed E-state index contributed by atoms with van der Waals surface area (Å²) in [5.41, 5.74) is 15.0. The number of primary amides is 1. The lowest BCUT2D eigenvalue weighted by atomic mass is 9.78. The zero-order valence-corrected chi connectivity index (χ0v) is 36.8. The van der Waals surface area contributed by atoms with Crippen LogP contribution in [-0.2, 0) is 53.6 Å². The molecule has 1 saturated carbocycles. The molecule has 4 heterocycles. The molecule has 1 unspecified atom stereocenters. The Morgan fingerprint density at radius 2 is 1.62 bits per heavy atom. The van der Waals surface area contributed by atoms with Crippen LogP contribution in [0.15, 0.2) is 65.5 Å². The van der Waals surface area contributed by atoms with Crippen LogP contribution in [0.5, 0.6) is 0 Å². The van der Waals surface area contributed by atoms with Crippen molar-refractivity contribution in [3.8, 4) is 0 Å². The third-order valence-electron chi connectivity index (χ3n) is 14.2. The number of carbonyl (C=O) groups is 7. The molecule has 3 aliphatic heterocycles. The molecular weight excluding hydrogens is 831 g/mol. The SMILES string of the molecule is Cn1c(=O)n(C2CCC(=O)NC2=O)c2ccc(CC3CCC(CC(=O)N4CC[C@H]5CC[C@@H](C(=O)N[C@@H](CCC(N)=O)C(=O)NCc6cccc7ccccc67)N5C(=O)[C@@H](N)C4)CC3)cc21. The van der Waals surface area contributed by atoms with Crippen LogP contribution in [0.4, 0.5) is 0 Å². The van der Waals surface area contributed by atoms with Gasteiger partial charge in [-0.25, -0.2) is 4.79 Å². The zero-order chi connectivity index (χ0) is 45.9. The largest absolute Gasteiger partial charge is 0.370 e. The highest BCUT2D eigenvalue weighted by atomic mass is 16.2. The van der Waals surface area contributed by atoms with Crippen LogP contribution in [0.25, 0.3) is 21.8 Å². The summed E-state index contributed by atoms with van der Waals surface area (Å²) >= 11 is 0. The maximum Gasteiger partial charge on any atom is 0.329 e. The molecule has 7 amide bonds. The van der Waals surface area contributed by atoms with Crippen molar-refractivity contribution in [2.24, 2.45) is 30.4 Å². The first-order chi connectivity index (χ1) is 31.2.